The van der Waals surface area contributed by atoms with Gasteiger partial charge >= 0.3 is 0 Å². The van der Waals surface area contributed by atoms with Gasteiger partial charge in [-0.05, 0) is 40.9 Å². The Morgan fingerprint density at radius 2 is 1.52 bits per heavy atom. The molecule has 0 aliphatic carbocycles. The molecule has 2 rings (SSSR count). The molecule has 23 heavy (non-hydrogen) atoms. The van der Waals surface area contributed by atoms with Gasteiger partial charge in [0, 0.05) is 28.9 Å². The maximum Gasteiger partial charge on any atom is 0.217 e. The fraction of sp³-hybridized carbons (Fsp3) is 0.375. The number of hydrogen-bond acceptors (Lipinski definition) is 4. The molecule has 0 radical (unpaired) electrons. The van der Waals surface area contributed by atoms with E-state index in [0.717, 1.165) is 5.33 Å². The fourth-order valence-electron chi connectivity index (χ4n) is 1.64. The molecule has 0 unspecified atom stereocenters. The fourth-order valence-corrected chi connectivity index (χ4v) is 4.04. The summed E-state index contributed by atoms with van der Waals surface area (Å²) in [4.78, 5) is 23.6. The predicted octanol–water partition coefficient (Wildman–Crippen LogP) is 3.97. The number of nitrogens with one attached hydrogen (secondary N) is 2. The van der Waals surface area contributed by atoms with Crippen LogP contribution in [-0.4, -0.2) is 11.8 Å². The highest BCUT2D eigenvalue weighted by atomic mass is 79.9. The van der Waals surface area contributed by atoms with Crippen molar-refractivity contribution in [3.05, 3.63) is 43.8 Å². The predicted molar refractivity (Wildman–Crippen MR) is 101 cm³/mol. The summed E-state index contributed by atoms with van der Waals surface area (Å²) in [7, 11) is 0. The standard InChI is InChI=1S/C8H10BrNOS.C8H11NOS/c1-6(11)10-5-8-7(4-9)2-3-12-8;1-6-3-4-11-8(6)5-9-7(2)10/h2-3H,4-5H2,1H3,(H,10,11);3-4H,5H2,1-2H3,(H,9,10). The lowest BCUT2D eigenvalue weighted by atomic mass is 10.3. The molecule has 2 heterocycles. The van der Waals surface area contributed by atoms with E-state index in [9.17, 15) is 9.59 Å². The van der Waals surface area contributed by atoms with Crippen LogP contribution in [0.15, 0.2) is 22.9 Å². The Kier molecular flexibility index (Phi) is 9.13. The number of thiophene rings is 2. The van der Waals surface area contributed by atoms with Crippen molar-refractivity contribution in [2.45, 2.75) is 39.2 Å². The number of hydrogen-bond donors (Lipinski definition) is 2. The summed E-state index contributed by atoms with van der Waals surface area (Å²) in [6, 6.07) is 4.12. The number of carbonyl (C=O) groups is 2. The van der Waals surface area contributed by atoms with E-state index in [-0.39, 0.29) is 11.8 Å². The molecule has 0 bridgehead atoms. The summed E-state index contributed by atoms with van der Waals surface area (Å²) >= 11 is 6.74. The number of carbonyl (C=O) groups excluding carboxylic acids is 2. The van der Waals surface area contributed by atoms with Crippen molar-refractivity contribution >= 4 is 50.4 Å². The number of aryl methyl sites for hydroxylation is 1. The number of alkyl halides is 1. The average Bonchev–Trinajstić information content (AvgIpc) is 3.11. The van der Waals surface area contributed by atoms with Gasteiger partial charge in [-0.3, -0.25) is 9.59 Å². The monoisotopic (exact) mass is 416 g/mol. The van der Waals surface area contributed by atoms with E-state index in [1.807, 2.05) is 17.7 Å². The topological polar surface area (TPSA) is 58.2 Å². The van der Waals surface area contributed by atoms with Crippen LogP contribution in [0.3, 0.4) is 0 Å². The summed E-state index contributed by atoms with van der Waals surface area (Å²) in [5.41, 5.74) is 2.51. The molecule has 2 aromatic heterocycles. The Labute approximate surface area is 153 Å². The third-order valence-corrected chi connectivity index (χ3v) is 5.54. The van der Waals surface area contributed by atoms with Gasteiger partial charge in [0.2, 0.25) is 11.8 Å². The summed E-state index contributed by atoms with van der Waals surface area (Å²) in [6.45, 7) is 6.42. The first-order chi connectivity index (χ1) is 10.9. The Morgan fingerprint density at radius 3 is 2.00 bits per heavy atom. The second kappa shape index (κ2) is 10.6. The smallest absolute Gasteiger partial charge is 0.217 e. The molecule has 0 saturated carbocycles. The highest BCUT2D eigenvalue weighted by Crippen LogP contribution is 2.18. The van der Waals surface area contributed by atoms with Gasteiger partial charge in [-0.25, -0.2) is 0 Å². The molecular formula is C16H21BrN2O2S2. The van der Waals surface area contributed by atoms with Crippen LogP contribution < -0.4 is 10.6 Å². The molecule has 0 atom stereocenters. The van der Waals surface area contributed by atoms with Crippen molar-refractivity contribution in [1.29, 1.82) is 0 Å². The van der Waals surface area contributed by atoms with Crippen LogP contribution in [0.4, 0.5) is 0 Å². The van der Waals surface area contributed by atoms with Gasteiger partial charge in [-0.15, -0.1) is 22.7 Å². The first kappa shape index (κ1) is 19.9. The van der Waals surface area contributed by atoms with Crippen LogP contribution in [0.25, 0.3) is 0 Å². The Balaban J connectivity index is 0.000000231. The Morgan fingerprint density at radius 1 is 1.00 bits per heavy atom. The largest absolute Gasteiger partial charge is 0.351 e. The quantitative estimate of drug-likeness (QED) is 0.724. The van der Waals surface area contributed by atoms with Gasteiger partial charge in [0.15, 0.2) is 0 Å². The molecule has 2 aromatic rings. The molecule has 2 amide bonds. The van der Waals surface area contributed by atoms with Crippen molar-refractivity contribution in [1.82, 2.24) is 10.6 Å². The Bertz CT molecular complexity index is 638. The van der Waals surface area contributed by atoms with Crippen LogP contribution in [-0.2, 0) is 28.0 Å². The lowest BCUT2D eigenvalue weighted by Crippen LogP contribution is -2.18. The molecule has 0 aliphatic heterocycles. The molecular weight excluding hydrogens is 396 g/mol. The first-order valence-corrected chi connectivity index (χ1v) is 9.95. The van der Waals surface area contributed by atoms with Crippen molar-refractivity contribution < 1.29 is 9.59 Å². The molecule has 0 aromatic carbocycles. The lowest BCUT2D eigenvalue weighted by molar-refractivity contribution is -0.119. The van der Waals surface area contributed by atoms with Crippen molar-refractivity contribution in [2.24, 2.45) is 0 Å². The minimum Gasteiger partial charge on any atom is -0.351 e. The maximum atomic E-state index is 10.6. The van der Waals surface area contributed by atoms with Gasteiger partial charge in [0.05, 0.1) is 13.1 Å². The molecule has 0 fully saturated rings. The lowest BCUT2D eigenvalue weighted by Gasteiger charge is -2.00. The molecule has 0 aliphatic rings. The van der Waals surface area contributed by atoms with Gasteiger partial charge < -0.3 is 10.6 Å². The zero-order valence-electron chi connectivity index (χ0n) is 13.4. The van der Waals surface area contributed by atoms with Crippen molar-refractivity contribution in [3.8, 4) is 0 Å². The minimum absolute atomic E-state index is 0.0175. The molecule has 0 spiro atoms. The van der Waals surface area contributed by atoms with Gasteiger partial charge in [-0.2, -0.15) is 0 Å². The van der Waals surface area contributed by atoms with Gasteiger partial charge in [-0.1, -0.05) is 15.9 Å². The second-order valence-corrected chi connectivity index (χ2v) is 7.41. The summed E-state index contributed by atoms with van der Waals surface area (Å²) in [5.74, 6) is 0.0433. The van der Waals surface area contributed by atoms with Crippen LogP contribution in [0.1, 0.15) is 34.7 Å². The molecule has 4 nitrogen and oxygen atoms in total. The van der Waals surface area contributed by atoms with E-state index in [1.54, 1.807) is 22.7 Å². The van der Waals surface area contributed by atoms with E-state index >= 15 is 0 Å². The number of rotatable bonds is 5. The van der Waals surface area contributed by atoms with Crippen molar-refractivity contribution in [3.63, 3.8) is 0 Å². The zero-order valence-corrected chi connectivity index (χ0v) is 16.7. The maximum absolute atomic E-state index is 10.6. The number of amides is 2. The van der Waals surface area contributed by atoms with Crippen LogP contribution in [0, 0.1) is 6.92 Å². The molecule has 2 N–H and O–H groups in total. The third-order valence-electron chi connectivity index (χ3n) is 2.95. The van der Waals surface area contributed by atoms with Gasteiger partial charge in [0.1, 0.15) is 0 Å². The molecule has 7 heteroatoms. The first-order valence-electron chi connectivity index (χ1n) is 7.07. The van der Waals surface area contributed by atoms with Crippen LogP contribution in [0.2, 0.25) is 0 Å². The average molecular weight is 417 g/mol. The minimum atomic E-state index is 0.0175. The third kappa shape index (κ3) is 7.76. The van der Waals surface area contributed by atoms with Crippen molar-refractivity contribution in [2.75, 3.05) is 0 Å². The number of halogens is 1. The van der Waals surface area contributed by atoms with E-state index < -0.39 is 0 Å². The highest BCUT2D eigenvalue weighted by Gasteiger charge is 2.02. The normalized spacial score (nSPS) is 9.74. The second-order valence-electron chi connectivity index (χ2n) is 4.85. The Hall–Kier alpha value is -1.18. The summed E-state index contributed by atoms with van der Waals surface area (Å²) < 4.78 is 0. The highest BCUT2D eigenvalue weighted by molar-refractivity contribution is 9.08. The van der Waals surface area contributed by atoms with E-state index in [0.29, 0.717) is 13.1 Å². The summed E-state index contributed by atoms with van der Waals surface area (Å²) in [5, 5.41) is 10.5. The zero-order chi connectivity index (χ0) is 17.2. The van der Waals surface area contributed by atoms with Crippen LogP contribution in [0.5, 0.6) is 0 Å². The van der Waals surface area contributed by atoms with Crippen LogP contribution >= 0.6 is 38.6 Å². The molecule has 0 saturated heterocycles. The van der Waals surface area contributed by atoms with E-state index in [2.05, 4.69) is 38.7 Å². The van der Waals surface area contributed by atoms with E-state index in [1.165, 1.54) is 34.7 Å². The molecule has 126 valence electrons. The van der Waals surface area contributed by atoms with Gasteiger partial charge in [0.25, 0.3) is 0 Å². The SMILES string of the molecule is CC(=O)NCc1sccc1C.CC(=O)NCc1sccc1CBr. The van der Waals surface area contributed by atoms with E-state index in [4.69, 9.17) is 0 Å². The summed E-state index contributed by atoms with van der Waals surface area (Å²) in [6.07, 6.45) is 0.